The molecular formula is C47H66N2O7. The Hall–Kier alpha value is -3.66. The Balaban J connectivity index is 1.53. The number of allylic oxidation sites excluding steroid dienone is 1. The predicted octanol–water partition coefficient (Wildman–Crippen LogP) is 9.57. The lowest BCUT2D eigenvalue weighted by Crippen LogP contribution is -2.70. The largest absolute Gasteiger partial charge is 0.459 e. The Labute approximate surface area is 335 Å². The first-order chi connectivity index (χ1) is 27.3. The predicted molar refractivity (Wildman–Crippen MR) is 221 cm³/mol. The summed E-state index contributed by atoms with van der Waals surface area (Å²) < 4.78 is 21.0. The highest BCUT2D eigenvalue weighted by Crippen LogP contribution is 2.62. The number of nitrogens with zero attached hydrogens (tertiary/aromatic N) is 2. The van der Waals surface area contributed by atoms with Crippen LogP contribution in [0.15, 0.2) is 65.9 Å². The number of hydrogen-bond donors (Lipinski definition) is 2. The number of ether oxygens (including phenoxy) is 3. The number of oxime groups is 1. The van der Waals surface area contributed by atoms with Crippen LogP contribution >= 0.6 is 0 Å². The molecule has 6 unspecified atom stereocenters. The minimum atomic E-state index is -1.23. The van der Waals surface area contributed by atoms with Gasteiger partial charge in [-0.15, -0.1) is 6.58 Å². The summed E-state index contributed by atoms with van der Waals surface area (Å²) in [4.78, 5) is 22.2. The van der Waals surface area contributed by atoms with Crippen LogP contribution in [0.5, 0.6) is 17.2 Å². The number of carbonyl (C=O) groups excluding carboxylic acids is 1. The number of aliphatic hydroxyl groups excluding tert-OH is 2. The quantitative estimate of drug-likeness (QED) is 0.0784. The van der Waals surface area contributed by atoms with Crippen molar-refractivity contribution in [2.45, 2.75) is 128 Å². The van der Waals surface area contributed by atoms with E-state index in [0.29, 0.717) is 31.7 Å². The van der Waals surface area contributed by atoms with Gasteiger partial charge in [0.15, 0.2) is 0 Å². The highest BCUT2D eigenvalue weighted by molar-refractivity contribution is 6.03. The average Bonchev–Trinajstić information content (AvgIpc) is 3.73. The second-order valence-electron chi connectivity index (χ2n) is 16.6. The lowest BCUT2D eigenvalue weighted by atomic mass is 9.55. The van der Waals surface area contributed by atoms with Crippen LogP contribution < -0.4 is 9.47 Å². The molecule has 6 rings (SSSR count). The number of fused-ring (bicyclic) bond motifs is 2. The van der Waals surface area contributed by atoms with E-state index in [1.165, 1.54) is 31.2 Å². The van der Waals surface area contributed by atoms with Gasteiger partial charge in [0, 0.05) is 44.1 Å². The van der Waals surface area contributed by atoms with Crippen molar-refractivity contribution in [2.24, 2.45) is 28.8 Å². The van der Waals surface area contributed by atoms with Crippen molar-refractivity contribution < 1.29 is 34.1 Å². The fourth-order valence-corrected chi connectivity index (χ4v) is 10.2. The SMILES string of the molecule is C=CCOC12Oc3ccc(Oc4ccc(C)c(C)c4)cc3C3C(CCCCO)C(CCCCO)C=C(C(=NOC)CC1N(CCC)C(=O)CCC1CCCC1)C32. The van der Waals surface area contributed by atoms with E-state index in [-0.39, 0.29) is 49.4 Å². The van der Waals surface area contributed by atoms with Gasteiger partial charge >= 0.3 is 0 Å². The van der Waals surface area contributed by atoms with Crippen molar-refractivity contribution in [1.29, 1.82) is 0 Å². The first-order valence-electron chi connectivity index (χ1n) is 21.4. The molecule has 0 radical (unpaired) electrons. The molecule has 0 aromatic heterocycles. The van der Waals surface area contributed by atoms with Crippen LogP contribution in [-0.2, 0) is 14.4 Å². The summed E-state index contributed by atoms with van der Waals surface area (Å²) in [5.74, 6) is 1.64. The molecule has 2 aromatic rings. The molecule has 1 heterocycles. The Morgan fingerprint density at radius 3 is 2.43 bits per heavy atom. The van der Waals surface area contributed by atoms with Crippen molar-refractivity contribution in [3.05, 3.63) is 77.4 Å². The van der Waals surface area contributed by atoms with E-state index in [1.807, 2.05) is 23.1 Å². The van der Waals surface area contributed by atoms with E-state index in [2.05, 4.69) is 51.6 Å². The Bertz CT molecular complexity index is 1700. The normalized spacial score (nSPS) is 26.2. The van der Waals surface area contributed by atoms with Crippen molar-refractivity contribution >= 4 is 11.6 Å². The summed E-state index contributed by atoms with van der Waals surface area (Å²) in [6.07, 6.45) is 16.7. The van der Waals surface area contributed by atoms with E-state index in [4.69, 9.17) is 24.2 Å². The third-order valence-corrected chi connectivity index (χ3v) is 13.0. The molecule has 2 N–H and O–H groups in total. The number of hydrogen-bond acceptors (Lipinski definition) is 8. The maximum atomic E-state index is 14.6. The molecule has 2 saturated carbocycles. The fourth-order valence-electron chi connectivity index (χ4n) is 10.2. The van der Waals surface area contributed by atoms with Crippen LogP contribution in [0.3, 0.4) is 0 Å². The molecule has 4 aliphatic rings. The van der Waals surface area contributed by atoms with Gasteiger partial charge in [-0.2, -0.15) is 0 Å². The van der Waals surface area contributed by atoms with Gasteiger partial charge in [0.2, 0.25) is 11.7 Å². The topological polar surface area (TPSA) is 110 Å². The number of carbonyl (C=O) groups is 1. The lowest BCUT2D eigenvalue weighted by Gasteiger charge is -2.60. The molecule has 9 nitrogen and oxygen atoms in total. The van der Waals surface area contributed by atoms with Crippen LogP contribution in [-0.4, -0.2) is 72.0 Å². The number of benzene rings is 2. The lowest BCUT2D eigenvalue weighted by molar-refractivity contribution is -0.257. The number of unbranched alkanes of at least 4 members (excludes halogenated alkanes) is 2. The van der Waals surface area contributed by atoms with Crippen molar-refractivity contribution in [3.63, 3.8) is 0 Å². The van der Waals surface area contributed by atoms with E-state index < -0.39 is 11.8 Å². The zero-order valence-electron chi connectivity index (χ0n) is 34.3. The maximum Gasteiger partial charge on any atom is 0.239 e. The van der Waals surface area contributed by atoms with Crippen LogP contribution in [0, 0.1) is 37.5 Å². The van der Waals surface area contributed by atoms with Gasteiger partial charge in [0.1, 0.15) is 30.4 Å². The highest BCUT2D eigenvalue weighted by atomic mass is 16.7. The van der Waals surface area contributed by atoms with E-state index in [1.54, 1.807) is 13.2 Å². The van der Waals surface area contributed by atoms with Crippen LogP contribution in [0.2, 0.25) is 0 Å². The third kappa shape index (κ3) is 9.05. The molecule has 1 aliphatic heterocycles. The fraction of sp³-hybridized carbons (Fsp3) is 0.617. The van der Waals surface area contributed by atoms with Gasteiger partial charge in [0.25, 0.3) is 0 Å². The molecule has 0 saturated heterocycles. The molecule has 56 heavy (non-hydrogen) atoms. The van der Waals surface area contributed by atoms with Gasteiger partial charge in [-0.25, -0.2) is 0 Å². The van der Waals surface area contributed by atoms with Crippen LogP contribution in [0.4, 0.5) is 0 Å². The zero-order valence-corrected chi connectivity index (χ0v) is 34.3. The van der Waals surface area contributed by atoms with Crippen LogP contribution in [0.1, 0.15) is 119 Å². The molecule has 306 valence electrons. The van der Waals surface area contributed by atoms with Gasteiger partial charge < -0.3 is 34.2 Å². The molecule has 0 bridgehead atoms. The Morgan fingerprint density at radius 2 is 1.73 bits per heavy atom. The second-order valence-corrected chi connectivity index (χ2v) is 16.6. The van der Waals surface area contributed by atoms with Gasteiger partial charge in [-0.1, -0.05) is 68.8 Å². The second kappa shape index (κ2) is 19.7. The third-order valence-electron chi connectivity index (χ3n) is 13.0. The number of rotatable bonds is 20. The standard InChI is InChI=1S/C47H66N2O7/c1-6-24-49(44(52)23-19-34-14-8-9-15-34)43-31-41(48-53-5)39-29-35(16-10-12-25-50)38(17-11-13-26-51)45-40-30-37(55-36-20-18-32(3)33(4)28-36)21-22-42(40)56-47(43,46(39)45)54-27-7-2/h7,18,20-22,28-30,34-35,38,43,45-46,50-51H,2,6,8-17,19,23-27,31H2,1,3-5H3. The summed E-state index contributed by atoms with van der Waals surface area (Å²) in [5, 5.41) is 24.5. The summed E-state index contributed by atoms with van der Waals surface area (Å²) in [5.41, 5.74) is 5.29. The number of amides is 1. The minimum Gasteiger partial charge on any atom is -0.459 e. The van der Waals surface area contributed by atoms with Gasteiger partial charge in [-0.3, -0.25) is 4.79 Å². The Morgan fingerprint density at radius 1 is 1.00 bits per heavy atom. The molecule has 3 aliphatic carbocycles. The first-order valence-corrected chi connectivity index (χ1v) is 21.4. The summed E-state index contributed by atoms with van der Waals surface area (Å²) in [6, 6.07) is 11.8. The van der Waals surface area contributed by atoms with E-state index >= 15 is 0 Å². The zero-order chi connectivity index (χ0) is 39.7. The molecule has 1 amide bonds. The minimum absolute atomic E-state index is 0.0911. The van der Waals surface area contributed by atoms with Crippen molar-refractivity contribution in [3.8, 4) is 17.2 Å². The molecule has 6 atom stereocenters. The van der Waals surface area contributed by atoms with E-state index in [9.17, 15) is 15.0 Å². The summed E-state index contributed by atoms with van der Waals surface area (Å²) in [6.45, 7) is 11.5. The first kappa shape index (κ1) is 42.0. The average molecular weight is 771 g/mol. The van der Waals surface area contributed by atoms with Crippen molar-refractivity contribution in [2.75, 3.05) is 33.5 Å². The number of aliphatic hydroxyl groups is 2. The molecule has 2 aromatic carbocycles. The molecule has 9 heteroatoms. The monoisotopic (exact) mass is 770 g/mol. The highest BCUT2D eigenvalue weighted by Gasteiger charge is 2.65. The molecule has 2 fully saturated rings. The van der Waals surface area contributed by atoms with Crippen LogP contribution in [0.25, 0.3) is 0 Å². The summed E-state index contributed by atoms with van der Waals surface area (Å²) in [7, 11) is 1.59. The van der Waals surface area contributed by atoms with E-state index in [0.717, 1.165) is 84.6 Å². The summed E-state index contributed by atoms with van der Waals surface area (Å²) >= 11 is 0. The smallest absolute Gasteiger partial charge is 0.239 e. The Kier molecular flexibility index (Phi) is 14.7. The number of aryl methyl sites for hydroxylation is 2. The van der Waals surface area contributed by atoms with Crippen molar-refractivity contribution in [1.82, 2.24) is 4.90 Å². The van der Waals surface area contributed by atoms with Gasteiger partial charge in [0.05, 0.1) is 18.2 Å². The molecule has 0 spiro atoms. The molecular weight excluding hydrogens is 705 g/mol. The van der Waals surface area contributed by atoms with Gasteiger partial charge in [-0.05, 0) is 117 Å². The maximum absolute atomic E-state index is 14.6.